The van der Waals surface area contributed by atoms with E-state index in [9.17, 15) is 9.59 Å². The van der Waals surface area contributed by atoms with Gasteiger partial charge in [0, 0.05) is 11.8 Å². The van der Waals surface area contributed by atoms with Gasteiger partial charge in [0.15, 0.2) is 5.78 Å². The predicted octanol–water partition coefficient (Wildman–Crippen LogP) is 0.820. The Balaban J connectivity index is 2.87. The van der Waals surface area contributed by atoms with Gasteiger partial charge in [-0.05, 0) is 0 Å². The van der Waals surface area contributed by atoms with Gasteiger partial charge in [-0.2, -0.15) is 0 Å². The lowest BCUT2D eigenvalue weighted by atomic mass is 9.79. The Bertz CT molecular complexity index is 232. The minimum atomic E-state index is -0.288. The van der Waals surface area contributed by atoms with Crippen molar-refractivity contribution in [1.82, 2.24) is 0 Å². The second kappa shape index (κ2) is 2.57. The predicted molar refractivity (Wildman–Crippen MR) is 40.7 cm³/mol. The van der Waals surface area contributed by atoms with Crippen molar-refractivity contribution in [1.29, 1.82) is 5.41 Å². The summed E-state index contributed by atoms with van der Waals surface area (Å²) in [6, 6.07) is 0. The second-order valence-electron chi connectivity index (χ2n) is 3.06. The number of carbonyl (C=O) groups is 2. The summed E-state index contributed by atoms with van der Waals surface area (Å²) in [6.07, 6.45) is 0.0321. The molecule has 1 N–H and O–H groups in total. The molecule has 0 amide bonds. The van der Waals surface area contributed by atoms with E-state index in [4.69, 9.17) is 5.41 Å². The summed E-state index contributed by atoms with van der Waals surface area (Å²) >= 11 is 0. The van der Waals surface area contributed by atoms with E-state index in [2.05, 4.69) is 0 Å². The Morgan fingerprint density at radius 3 is 2.36 bits per heavy atom. The van der Waals surface area contributed by atoms with E-state index in [1.807, 2.05) is 0 Å². The van der Waals surface area contributed by atoms with Crippen molar-refractivity contribution in [3.05, 3.63) is 0 Å². The highest BCUT2D eigenvalue weighted by atomic mass is 16.1. The highest BCUT2D eigenvalue weighted by molar-refractivity contribution is 6.44. The van der Waals surface area contributed by atoms with E-state index < -0.39 is 0 Å². The molecule has 0 aromatic heterocycles. The lowest BCUT2D eigenvalue weighted by Gasteiger charge is -2.22. The Labute approximate surface area is 65.3 Å². The molecule has 1 rings (SSSR count). The number of Topliss-reactive ketones (excluding diaryl/α,β-unsaturated/α-hetero) is 2. The highest BCUT2D eigenvalue weighted by Gasteiger charge is 2.34. The van der Waals surface area contributed by atoms with Crippen LogP contribution in [0.4, 0.5) is 0 Å². The molecule has 60 valence electrons. The van der Waals surface area contributed by atoms with Crippen LogP contribution in [0.3, 0.4) is 0 Å². The van der Waals surface area contributed by atoms with Gasteiger partial charge in [0.1, 0.15) is 5.78 Å². The lowest BCUT2D eigenvalue weighted by molar-refractivity contribution is -0.130. The summed E-state index contributed by atoms with van der Waals surface area (Å²) in [6.45, 7) is 3.45. The van der Waals surface area contributed by atoms with E-state index in [1.165, 1.54) is 0 Å². The fourth-order valence-corrected chi connectivity index (χ4v) is 1.20. The lowest BCUT2D eigenvalue weighted by Crippen LogP contribution is -2.38. The third-order valence-electron chi connectivity index (χ3n) is 2.32. The molecule has 0 aromatic carbocycles. The van der Waals surface area contributed by atoms with Crippen molar-refractivity contribution >= 4 is 17.3 Å². The Morgan fingerprint density at radius 2 is 1.82 bits per heavy atom. The Kier molecular flexibility index (Phi) is 1.89. The summed E-state index contributed by atoms with van der Waals surface area (Å²) in [5.74, 6) is -0.639. The largest absolute Gasteiger partial charge is 0.301 e. The van der Waals surface area contributed by atoms with Crippen LogP contribution in [0.1, 0.15) is 20.3 Å². The van der Waals surface area contributed by atoms with Crippen LogP contribution < -0.4 is 0 Å². The van der Waals surface area contributed by atoms with Gasteiger partial charge < -0.3 is 5.41 Å². The molecule has 0 bridgehead atoms. The standard InChI is InChI=1S/C8H11NO2/c1-4-5(2)8(11)6(9)3-7(4)10/h4-5,9H,3H2,1-2H3. The molecule has 0 radical (unpaired) electrons. The zero-order valence-electron chi connectivity index (χ0n) is 6.68. The zero-order chi connectivity index (χ0) is 8.59. The van der Waals surface area contributed by atoms with Crippen LogP contribution in [0.25, 0.3) is 0 Å². The molecule has 1 aliphatic rings. The summed E-state index contributed by atoms with van der Waals surface area (Å²) in [4.78, 5) is 22.2. The summed E-state index contributed by atoms with van der Waals surface area (Å²) < 4.78 is 0. The van der Waals surface area contributed by atoms with Crippen LogP contribution in [0.15, 0.2) is 0 Å². The zero-order valence-corrected chi connectivity index (χ0v) is 6.68. The van der Waals surface area contributed by atoms with Crippen LogP contribution in [-0.4, -0.2) is 17.3 Å². The normalized spacial score (nSPS) is 32.7. The number of ketones is 2. The molecule has 0 aliphatic heterocycles. The molecule has 1 saturated carbocycles. The van der Waals surface area contributed by atoms with Crippen LogP contribution in [0.5, 0.6) is 0 Å². The van der Waals surface area contributed by atoms with Crippen molar-refractivity contribution in [2.75, 3.05) is 0 Å². The van der Waals surface area contributed by atoms with Crippen LogP contribution in [0, 0.1) is 17.2 Å². The minimum Gasteiger partial charge on any atom is -0.301 e. The maximum Gasteiger partial charge on any atom is 0.180 e. The molecule has 1 fully saturated rings. The van der Waals surface area contributed by atoms with Crippen molar-refractivity contribution in [3.63, 3.8) is 0 Å². The summed E-state index contributed by atoms with van der Waals surface area (Å²) in [7, 11) is 0. The summed E-state index contributed by atoms with van der Waals surface area (Å²) in [5, 5.41) is 7.18. The van der Waals surface area contributed by atoms with Crippen molar-refractivity contribution in [3.8, 4) is 0 Å². The Hall–Kier alpha value is -0.990. The monoisotopic (exact) mass is 153 g/mol. The number of hydrogen-bond acceptors (Lipinski definition) is 3. The average molecular weight is 153 g/mol. The van der Waals surface area contributed by atoms with Gasteiger partial charge in [-0.3, -0.25) is 9.59 Å². The molecule has 0 aromatic rings. The van der Waals surface area contributed by atoms with E-state index in [0.29, 0.717) is 0 Å². The van der Waals surface area contributed by atoms with Gasteiger partial charge in [0.05, 0.1) is 12.1 Å². The Morgan fingerprint density at radius 1 is 1.27 bits per heavy atom. The number of carbonyl (C=O) groups excluding carboxylic acids is 2. The second-order valence-corrected chi connectivity index (χ2v) is 3.06. The number of nitrogens with one attached hydrogen (secondary N) is 1. The van der Waals surface area contributed by atoms with Gasteiger partial charge in [-0.25, -0.2) is 0 Å². The maximum absolute atomic E-state index is 11.1. The molecule has 0 spiro atoms. The van der Waals surface area contributed by atoms with Gasteiger partial charge >= 0.3 is 0 Å². The first-order valence-electron chi connectivity index (χ1n) is 3.68. The topological polar surface area (TPSA) is 58.0 Å². The average Bonchev–Trinajstić information content (AvgIpc) is 1.97. The fourth-order valence-electron chi connectivity index (χ4n) is 1.20. The van der Waals surface area contributed by atoms with Gasteiger partial charge in [-0.1, -0.05) is 13.8 Å². The SMILES string of the molecule is CC1C(=O)CC(=N)C(=O)C1C. The number of hydrogen-bond donors (Lipinski definition) is 1. The molecular weight excluding hydrogens is 142 g/mol. The number of rotatable bonds is 0. The van der Waals surface area contributed by atoms with Gasteiger partial charge in [-0.15, -0.1) is 0 Å². The van der Waals surface area contributed by atoms with E-state index in [-0.39, 0.29) is 35.5 Å². The molecule has 2 unspecified atom stereocenters. The van der Waals surface area contributed by atoms with Crippen molar-refractivity contribution < 1.29 is 9.59 Å². The van der Waals surface area contributed by atoms with Crippen LogP contribution >= 0.6 is 0 Å². The third kappa shape index (κ3) is 1.23. The van der Waals surface area contributed by atoms with Crippen LogP contribution in [0.2, 0.25) is 0 Å². The quantitative estimate of drug-likeness (QED) is 0.560. The molecule has 3 heteroatoms. The molecule has 2 atom stereocenters. The molecule has 1 aliphatic carbocycles. The first kappa shape index (κ1) is 8.11. The maximum atomic E-state index is 11.1. The fraction of sp³-hybridized carbons (Fsp3) is 0.625. The van der Waals surface area contributed by atoms with E-state index >= 15 is 0 Å². The van der Waals surface area contributed by atoms with Gasteiger partial charge in [0.2, 0.25) is 0 Å². The van der Waals surface area contributed by atoms with E-state index in [0.717, 1.165) is 0 Å². The smallest absolute Gasteiger partial charge is 0.180 e. The first-order chi connectivity index (χ1) is 5.04. The molecular formula is C8H11NO2. The van der Waals surface area contributed by atoms with E-state index in [1.54, 1.807) is 13.8 Å². The molecule has 0 heterocycles. The highest BCUT2D eigenvalue weighted by Crippen LogP contribution is 2.21. The minimum absolute atomic E-state index is 0.0158. The van der Waals surface area contributed by atoms with Gasteiger partial charge in [0.25, 0.3) is 0 Å². The summed E-state index contributed by atoms with van der Waals surface area (Å²) in [5.41, 5.74) is -0.0272. The van der Waals surface area contributed by atoms with Crippen molar-refractivity contribution in [2.24, 2.45) is 11.8 Å². The molecule has 11 heavy (non-hydrogen) atoms. The molecule has 3 nitrogen and oxygen atoms in total. The molecule has 0 saturated heterocycles. The van der Waals surface area contributed by atoms with Crippen LogP contribution in [-0.2, 0) is 9.59 Å². The first-order valence-corrected chi connectivity index (χ1v) is 3.68. The third-order valence-corrected chi connectivity index (χ3v) is 2.32. The van der Waals surface area contributed by atoms with Crippen molar-refractivity contribution in [2.45, 2.75) is 20.3 Å².